The summed E-state index contributed by atoms with van der Waals surface area (Å²) in [6, 6.07) is 10.8. The lowest BCUT2D eigenvalue weighted by atomic mass is 9.88. The van der Waals surface area contributed by atoms with Crippen molar-refractivity contribution in [1.82, 2.24) is 10.1 Å². The maximum Gasteiger partial charge on any atom is 0.270 e. The molecule has 10 nitrogen and oxygen atoms in total. The number of hydrogen-bond donors (Lipinski definition) is 0. The molecular formula is C38H54ClN3O7. The Balaban J connectivity index is 1.77. The number of fused-ring (bicyclic) bond motifs is 1. The van der Waals surface area contributed by atoms with Crippen molar-refractivity contribution in [3.05, 3.63) is 69.1 Å². The zero-order valence-electron chi connectivity index (χ0n) is 29.8. The molecule has 2 heterocycles. The maximum absolute atomic E-state index is 12.9. The highest BCUT2D eigenvalue weighted by Gasteiger charge is 2.49. The highest BCUT2D eigenvalue weighted by molar-refractivity contribution is 6.31. The van der Waals surface area contributed by atoms with Gasteiger partial charge in [-0.15, -0.1) is 0 Å². The minimum absolute atomic E-state index is 0.0630. The summed E-state index contributed by atoms with van der Waals surface area (Å²) in [5.74, 6) is -0.926. The smallest absolute Gasteiger partial charge is 0.270 e. The van der Waals surface area contributed by atoms with Crippen molar-refractivity contribution in [2.24, 2.45) is 0 Å². The van der Waals surface area contributed by atoms with Gasteiger partial charge < -0.3 is 33.7 Å². The zero-order chi connectivity index (χ0) is 35.2. The van der Waals surface area contributed by atoms with Gasteiger partial charge in [-0.3, -0.25) is 0 Å². The molecule has 0 spiro atoms. The number of nitrogens with zero attached hydrogens (tertiary/aromatic N) is 3. The first-order chi connectivity index (χ1) is 23.9. The highest BCUT2D eigenvalue weighted by atomic mass is 35.5. The molecule has 1 aliphatic rings. The van der Waals surface area contributed by atoms with E-state index in [1.54, 1.807) is 18.2 Å². The molecule has 270 valence electrons. The van der Waals surface area contributed by atoms with Crippen molar-refractivity contribution < 1.29 is 33.3 Å². The molecule has 0 bridgehead atoms. The Labute approximate surface area is 296 Å². The van der Waals surface area contributed by atoms with Gasteiger partial charge in [0.05, 0.1) is 6.61 Å². The van der Waals surface area contributed by atoms with E-state index < -0.39 is 36.4 Å². The number of rotatable bonds is 21. The molecule has 49 heavy (non-hydrogen) atoms. The van der Waals surface area contributed by atoms with E-state index in [4.69, 9.17) is 35.3 Å². The van der Waals surface area contributed by atoms with Crippen molar-refractivity contribution in [1.29, 1.82) is 0 Å². The topological polar surface area (TPSA) is 116 Å². The summed E-state index contributed by atoms with van der Waals surface area (Å²) >= 11 is 6.77. The lowest BCUT2D eigenvalue weighted by Gasteiger charge is -2.46. The Morgan fingerprint density at radius 2 is 1.51 bits per heavy atom. The van der Waals surface area contributed by atoms with Gasteiger partial charge in [-0.05, 0) is 66.3 Å². The Morgan fingerprint density at radius 3 is 2.16 bits per heavy atom. The van der Waals surface area contributed by atoms with Crippen LogP contribution in [0.4, 0.5) is 0 Å². The second-order valence-corrected chi connectivity index (χ2v) is 13.2. The molecule has 1 fully saturated rings. The molecule has 1 unspecified atom stereocenters. The van der Waals surface area contributed by atoms with Crippen LogP contribution in [0.2, 0.25) is 5.02 Å². The van der Waals surface area contributed by atoms with Crippen LogP contribution in [0.5, 0.6) is 0 Å². The Hall–Kier alpha value is -2.73. The molecular weight excluding hydrogens is 646 g/mol. The fourth-order valence-corrected chi connectivity index (χ4v) is 6.22. The van der Waals surface area contributed by atoms with Gasteiger partial charge in [0, 0.05) is 42.6 Å². The standard InChI is InChI=1S/C38H54ClN3O7/c1-6-10-18-45-25-33-35(46-19-11-7-2)37(48-21-13-9-4)36(47-20-12-8-3)34(49-33)27-15-16-30(39)28(23-27)29(24-43)38-40-31-17-14-26(5)22-32(31)42(44)41-38/h14-17,22-24,29,33-37H,6-13,18-21,25H2,1-5H3/t29?,33-,34+,35-,36+,37+/m1/s1. The van der Waals surface area contributed by atoms with Crippen LogP contribution in [-0.2, 0) is 28.5 Å². The lowest BCUT2D eigenvalue weighted by molar-refractivity contribution is -0.644. The number of carbonyl (C=O) groups is 1. The molecule has 0 aliphatic carbocycles. The minimum atomic E-state index is -0.990. The van der Waals surface area contributed by atoms with Crippen LogP contribution < -0.4 is 4.85 Å². The molecule has 0 radical (unpaired) electrons. The fraction of sp³-hybridized carbons (Fsp3) is 0.632. The van der Waals surface area contributed by atoms with E-state index in [2.05, 4.69) is 37.8 Å². The van der Waals surface area contributed by atoms with Gasteiger partial charge in [0.1, 0.15) is 48.2 Å². The number of aldehydes is 1. The second-order valence-electron chi connectivity index (χ2n) is 12.8. The summed E-state index contributed by atoms with van der Waals surface area (Å²) in [5.41, 5.74) is 2.90. The first-order valence-corrected chi connectivity index (χ1v) is 18.4. The molecule has 1 aliphatic heterocycles. The van der Waals surface area contributed by atoms with Crippen LogP contribution in [0.25, 0.3) is 11.0 Å². The van der Waals surface area contributed by atoms with E-state index in [9.17, 15) is 10.0 Å². The highest BCUT2D eigenvalue weighted by Crippen LogP contribution is 2.40. The minimum Gasteiger partial charge on any atom is -0.594 e. The molecule has 2 aromatic carbocycles. The van der Waals surface area contributed by atoms with Crippen LogP contribution in [0, 0.1) is 12.1 Å². The van der Waals surface area contributed by atoms with Gasteiger partial charge >= 0.3 is 0 Å². The molecule has 0 saturated carbocycles. The number of aromatic nitrogens is 3. The van der Waals surface area contributed by atoms with E-state index in [0.717, 1.165) is 68.8 Å². The first-order valence-electron chi connectivity index (χ1n) is 18.1. The largest absolute Gasteiger partial charge is 0.594 e. The van der Waals surface area contributed by atoms with Crippen LogP contribution in [-0.4, -0.2) is 73.8 Å². The van der Waals surface area contributed by atoms with Gasteiger partial charge in [0.25, 0.3) is 5.52 Å². The van der Waals surface area contributed by atoms with Gasteiger partial charge in [0.15, 0.2) is 0 Å². The third kappa shape index (κ3) is 10.4. The van der Waals surface area contributed by atoms with Crippen LogP contribution in [0.1, 0.15) is 114 Å². The number of aryl methyl sites for hydroxylation is 1. The quantitative estimate of drug-likeness (QED) is 0.0486. The summed E-state index contributed by atoms with van der Waals surface area (Å²) in [6.07, 6.45) is 6.02. The van der Waals surface area contributed by atoms with Crippen molar-refractivity contribution in [2.75, 3.05) is 33.0 Å². The fourth-order valence-electron chi connectivity index (χ4n) is 5.98. The maximum atomic E-state index is 12.9. The van der Waals surface area contributed by atoms with E-state index in [1.165, 1.54) is 0 Å². The number of unbranched alkanes of at least 4 members (excludes halogenated alkanes) is 4. The molecule has 4 rings (SSSR count). The number of benzene rings is 2. The van der Waals surface area contributed by atoms with Gasteiger partial charge in [-0.25, -0.2) is 4.98 Å². The summed E-state index contributed by atoms with van der Waals surface area (Å²) in [6.45, 7) is 13.1. The normalized spacial score (nSPS) is 21.6. The third-order valence-corrected chi connectivity index (χ3v) is 9.19. The van der Waals surface area contributed by atoms with Crippen molar-refractivity contribution in [3.63, 3.8) is 0 Å². The SMILES string of the molecule is CCCCOC[C@H]1O[C@@H](c2ccc(Cl)c(C(C=O)c3nc4ccc(C)cc4[n+]([O-])n3)c2)[C@H](OCCCC)[C@@H](OCCCC)[C@@H]1OCCCC. The second kappa shape index (κ2) is 20.2. The molecule has 11 heteroatoms. The van der Waals surface area contributed by atoms with Gasteiger partial charge in [0.2, 0.25) is 5.82 Å². The Morgan fingerprint density at radius 1 is 0.878 bits per heavy atom. The summed E-state index contributed by atoms with van der Waals surface area (Å²) in [7, 11) is 0. The lowest BCUT2D eigenvalue weighted by Crippen LogP contribution is -2.58. The first kappa shape index (κ1) is 39.1. The van der Waals surface area contributed by atoms with E-state index in [-0.39, 0.29) is 5.82 Å². The molecule has 3 aromatic rings. The van der Waals surface area contributed by atoms with Crippen LogP contribution >= 0.6 is 11.6 Å². The van der Waals surface area contributed by atoms with E-state index in [0.29, 0.717) is 59.5 Å². The summed E-state index contributed by atoms with van der Waals surface area (Å²) in [4.78, 5) is 17.8. The third-order valence-electron chi connectivity index (χ3n) is 8.85. The van der Waals surface area contributed by atoms with Crippen LogP contribution in [0.3, 0.4) is 0 Å². The molecule has 6 atom stereocenters. The number of ether oxygens (including phenoxy) is 5. The number of hydrogen-bond acceptors (Lipinski definition) is 9. The monoisotopic (exact) mass is 699 g/mol. The predicted octanol–water partition coefficient (Wildman–Crippen LogP) is 7.37. The Bertz CT molecular complexity index is 1460. The zero-order valence-corrected chi connectivity index (χ0v) is 30.5. The summed E-state index contributed by atoms with van der Waals surface area (Å²) in [5, 5.41) is 17.4. The van der Waals surface area contributed by atoms with Gasteiger partial charge in [-0.2, -0.15) is 0 Å². The average molecular weight is 700 g/mol. The summed E-state index contributed by atoms with van der Waals surface area (Å²) < 4.78 is 32.9. The molecule has 1 aromatic heterocycles. The van der Waals surface area contributed by atoms with E-state index in [1.807, 2.05) is 25.1 Å². The molecule has 1 saturated heterocycles. The average Bonchev–Trinajstić information content (AvgIpc) is 3.09. The molecule has 0 amide bonds. The van der Waals surface area contributed by atoms with Gasteiger partial charge in [-0.1, -0.05) is 83.2 Å². The van der Waals surface area contributed by atoms with Crippen molar-refractivity contribution in [3.8, 4) is 0 Å². The predicted molar refractivity (Wildman–Crippen MR) is 190 cm³/mol. The Kier molecular flexibility index (Phi) is 16.1. The molecule has 0 N–H and O–H groups in total. The van der Waals surface area contributed by atoms with Crippen molar-refractivity contribution >= 4 is 28.9 Å². The van der Waals surface area contributed by atoms with Crippen molar-refractivity contribution in [2.45, 2.75) is 122 Å². The number of halogens is 1. The van der Waals surface area contributed by atoms with E-state index >= 15 is 0 Å². The number of carbonyl (C=O) groups excluding carboxylic acids is 1. The van der Waals surface area contributed by atoms with Crippen LogP contribution in [0.15, 0.2) is 36.4 Å².